The van der Waals surface area contributed by atoms with E-state index < -0.39 is 17.8 Å². The van der Waals surface area contributed by atoms with Crippen molar-refractivity contribution in [1.29, 1.82) is 0 Å². The molecule has 0 radical (unpaired) electrons. The number of carboxylic acid groups (broad SMARTS) is 1. The van der Waals surface area contributed by atoms with E-state index in [1.807, 2.05) is 6.92 Å². The minimum atomic E-state index is -0.682. The number of aliphatic carboxylic acids is 1. The summed E-state index contributed by atoms with van der Waals surface area (Å²) in [6.07, 6.45) is 7.93. The Morgan fingerprint density at radius 3 is 2.36 bits per heavy atom. The second kappa shape index (κ2) is 6.58. The molecule has 33 heavy (non-hydrogen) atoms. The van der Waals surface area contributed by atoms with Crippen LogP contribution in [0.1, 0.15) is 97.6 Å². The lowest BCUT2D eigenvalue weighted by Crippen LogP contribution is -2.62. The Kier molecular flexibility index (Phi) is 4.30. The van der Waals surface area contributed by atoms with Crippen LogP contribution in [0, 0.1) is 34.5 Å². The van der Waals surface area contributed by atoms with Gasteiger partial charge in [-0.05, 0) is 110 Å². The molecule has 0 saturated heterocycles. The van der Waals surface area contributed by atoms with Gasteiger partial charge in [-0.3, -0.25) is 4.79 Å². The molecule has 0 bridgehead atoms. The highest BCUT2D eigenvalue weighted by atomic mass is 16.4. The van der Waals surface area contributed by atoms with Crippen molar-refractivity contribution >= 4 is 5.97 Å². The molecule has 1 unspecified atom stereocenters. The zero-order valence-electron chi connectivity index (χ0n) is 22.0. The fraction of sp³-hybridized carbons (Fsp3) is 0.690. The molecular formula is C29H40O4. The first-order chi connectivity index (χ1) is 15.6. The van der Waals surface area contributed by atoms with E-state index in [2.05, 4.69) is 33.8 Å². The molecule has 4 aliphatic rings. The molecule has 0 aliphatic heterocycles. The van der Waals surface area contributed by atoms with Gasteiger partial charge in [0, 0.05) is 6.79 Å². The fourth-order valence-electron chi connectivity index (χ4n) is 8.66. The highest BCUT2D eigenvalue weighted by molar-refractivity contribution is 5.74. The first-order valence-corrected chi connectivity index (χ1v) is 12.6. The highest BCUT2D eigenvalue weighted by Gasteiger charge is 2.67. The van der Waals surface area contributed by atoms with Crippen LogP contribution >= 0.6 is 0 Å². The number of aromatic hydroxyl groups is 2. The van der Waals surface area contributed by atoms with Crippen LogP contribution in [-0.2, 0) is 16.6 Å². The van der Waals surface area contributed by atoms with Crippen molar-refractivity contribution in [3.63, 3.8) is 0 Å². The molecule has 5 rings (SSSR count). The van der Waals surface area contributed by atoms with Crippen molar-refractivity contribution in [1.82, 2.24) is 0 Å². The second-order valence-corrected chi connectivity index (χ2v) is 12.9. The first-order valence-electron chi connectivity index (χ1n) is 13.2. The smallest absolute Gasteiger partial charge is 0.309 e. The summed E-state index contributed by atoms with van der Waals surface area (Å²) in [7, 11) is 0. The molecule has 3 fully saturated rings. The lowest BCUT2D eigenvalue weighted by Gasteiger charge is -2.69. The van der Waals surface area contributed by atoms with Gasteiger partial charge >= 0.3 is 5.97 Å². The number of hydrogen-bond donors (Lipinski definition) is 3. The van der Waals surface area contributed by atoms with E-state index in [0.717, 1.165) is 49.7 Å². The van der Waals surface area contributed by atoms with Crippen LogP contribution in [0.4, 0.5) is 0 Å². The topological polar surface area (TPSA) is 77.8 Å². The number of allylic oxidation sites excluding steroid dienone is 2. The normalized spacial score (nSPS) is 46.7. The number of phenols is 2. The summed E-state index contributed by atoms with van der Waals surface area (Å²) in [6.45, 7) is 13.1. The summed E-state index contributed by atoms with van der Waals surface area (Å²) in [5.41, 5.74) is 2.63. The third-order valence-corrected chi connectivity index (χ3v) is 11.4. The Labute approximate surface area is 199 Å². The van der Waals surface area contributed by atoms with Gasteiger partial charge in [0.2, 0.25) is 0 Å². The Hall–Kier alpha value is -1.97. The fourth-order valence-corrected chi connectivity index (χ4v) is 8.66. The van der Waals surface area contributed by atoms with E-state index in [0.29, 0.717) is 17.9 Å². The van der Waals surface area contributed by atoms with E-state index in [4.69, 9.17) is 1.37 Å². The van der Waals surface area contributed by atoms with Crippen molar-refractivity contribution in [2.45, 2.75) is 98.3 Å². The Balaban J connectivity index is 1.66. The zero-order valence-corrected chi connectivity index (χ0v) is 21.0. The molecule has 1 aromatic carbocycles. The quantitative estimate of drug-likeness (QED) is 0.329. The summed E-state index contributed by atoms with van der Waals surface area (Å²) >= 11 is 0. The third-order valence-electron chi connectivity index (χ3n) is 11.4. The minimum Gasteiger partial charge on any atom is -0.504 e. The Bertz CT molecular complexity index is 1130. The van der Waals surface area contributed by atoms with E-state index >= 15 is 0 Å². The molecule has 1 aromatic rings. The van der Waals surface area contributed by atoms with Gasteiger partial charge in [0.15, 0.2) is 11.5 Å². The lowest BCUT2D eigenvalue weighted by atomic mass is 9.34. The van der Waals surface area contributed by atoms with Crippen LogP contribution in [0.25, 0.3) is 0 Å². The summed E-state index contributed by atoms with van der Waals surface area (Å²) in [4.78, 5) is 12.3. The second-order valence-electron chi connectivity index (χ2n) is 12.9. The van der Waals surface area contributed by atoms with Crippen LogP contribution in [0.2, 0.25) is 0 Å². The molecule has 0 aromatic heterocycles. The van der Waals surface area contributed by atoms with E-state index in [-0.39, 0.29) is 33.2 Å². The molecule has 0 amide bonds. The number of carboxylic acids is 1. The lowest BCUT2D eigenvalue weighted by molar-refractivity contribution is -0.177. The summed E-state index contributed by atoms with van der Waals surface area (Å²) < 4.78 is 9.02. The van der Waals surface area contributed by atoms with E-state index in [1.54, 1.807) is 13.0 Å². The molecule has 7 atom stereocenters. The number of phenolic OH excluding ortho intramolecular Hbond substituents is 2. The zero-order chi connectivity index (χ0) is 25.1. The van der Waals surface area contributed by atoms with Crippen molar-refractivity contribution in [3.8, 4) is 11.5 Å². The van der Waals surface area contributed by atoms with E-state index in [9.17, 15) is 20.1 Å². The molecule has 3 saturated carbocycles. The number of benzene rings is 1. The summed E-state index contributed by atoms with van der Waals surface area (Å²) in [5.74, 6) is -0.592. The minimum absolute atomic E-state index is 0.0618. The van der Waals surface area contributed by atoms with Crippen molar-refractivity contribution in [2.75, 3.05) is 0 Å². The monoisotopic (exact) mass is 453 g/mol. The number of fused-ring (bicyclic) bond motifs is 7. The maximum atomic E-state index is 12.3. The predicted molar refractivity (Wildman–Crippen MR) is 130 cm³/mol. The van der Waals surface area contributed by atoms with Crippen LogP contribution in [0.15, 0.2) is 17.7 Å². The van der Waals surface area contributed by atoms with E-state index in [1.165, 1.54) is 5.57 Å². The number of carbonyl (C=O) groups is 1. The van der Waals surface area contributed by atoms with Gasteiger partial charge in [-0.2, -0.15) is 0 Å². The van der Waals surface area contributed by atoms with Crippen LogP contribution in [0.3, 0.4) is 0 Å². The first kappa shape index (κ1) is 21.6. The van der Waals surface area contributed by atoms with Crippen molar-refractivity contribution < 1.29 is 21.5 Å². The van der Waals surface area contributed by atoms with Crippen LogP contribution in [0.5, 0.6) is 11.5 Å². The van der Waals surface area contributed by atoms with Crippen molar-refractivity contribution in [2.24, 2.45) is 27.6 Å². The van der Waals surface area contributed by atoms with Gasteiger partial charge in [0.05, 0.1) is 5.41 Å². The molecule has 0 heterocycles. The van der Waals surface area contributed by atoms with Crippen LogP contribution in [-0.4, -0.2) is 21.3 Å². The number of hydrogen-bond acceptors (Lipinski definition) is 3. The molecule has 4 heteroatoms. The van der Waals surface area contributed by atoms with Crippen LogP contribution < -0.4 is 0 Å². The van der Waals surface area contributed by atoms with Crippen molar-refractivity contribution in [3.05, 3.63) is 34.4 Å². The predicted octanol–water partition coefficient (Wildman–Crippen LogP) is 6.64. The SMILES string of the molecule is [2H]C1C=C2[C@@](C)(CC[C@@]3(C)[C@@H]4C[C@](C)(C(=O)O)CC[C@]4(C)CC[C@]23C)c2cc(O)c(O)c(C)c21. The largest absolute Gasteiger partial charge is 0.504 e. The Morgan fingerprint density at radius 2 is 1.70 bits per heavy atom. The van der Waals surface area contributed by atoms with Gasteiger partial charge < -0.3 is 15.3 Å². The summed E-state index contributed by atoms with van der Waals surface area (Å²) in [5, 5.41) is 31.0. The molecule has 4 nitrogen and oxygen atoms in total. The summed E-state index contributed by atoms with van der Waals surface area (Å²) in [6, 6.07) is 1.70. The standard InChI is InChI=1S/C29H40O4/c1-17-18-7-8-21-27(4,19(18)15-20(30)23(17)31)12-14-29(6)22-16-26(3,24(32)33)10-9-25(22,2)11-13-28(21,29)5/h8,15,22,30-31H,7,9-14,16H2,1-6H3,(H,32,33)/t22-,25-,26-,27+,28-,29+/m1/s1/i7D/t7?,22-,25-,26-,27+,28-,29+. The number of rotatable bonds is 1. The van der Waals surface area contributed by atoms with Gasteiger partial charge in [-0.1, -0.05) is 39.3 Å². The molecule has 4 aliphatic carbocycles. The maximum Gasteiger partial charge on any atom is 0.309 e. The van der Waals surface area contributed by atoms with Gasteiger partial charge in [-0.15, -0.1) is 0 Å². The molecule has 3 N–H and O–H groups in total. The van der Waals surface area contributed by atoms with Gasteiger partial charge in [0.25, 0.3) is 0 Å². The molecule has 180 valence electrons. The third kappa shape index (κ3) is 2.67. The maximum absolute atomic E-state index is 12.3. The molecular weight excluding hydrogens is 412 g/mol. The van der Waals surface area contributed by atoms with Gasteiger partial charge in [-0.25, -0.2) is 0 Å². The van der Waals surface area contributed by atoms with Gasteiger partial charge in [0.1, 0.15) is 0 Å². The average Bonchev–Trinajstić information content (AvgIpc) is 2.77. The Morgan fingerprint density at radius 1 is 1.03 bits per heavy atom. The average molecular weight is 454 g/mol. The highest BCUT2D eigenvalue weighted by Crippen LogP contribution is 2.74. The molecule has 0 spiro atoms.